The van der Waals surface area contributed by atoms with Gasteiger partial charge in [-0.25, -0.2) is 4.99 Å². The Balaban J connectivity index is 2.00. The summed E-state index contributed by atoms with van der Waals surface area (Å²) in [6.45, 7) is 7.76. The van der Waals surface area contributed by atoms with Crippen molar-refractivity contribution in [2.75, 3.05) is 33.3 Å². The van der Waals surface area contributed by atoms with Crippen molar-refractivity contribution < 1.29 is 9.53 Å². The highest BCUT2D eigenvalue weighted by Gasteiger charge is 2.39. The van der Waals surface area contributed by atoms with Gasteiger partial charge in [-0.15, -0.1) is 0 Å². The summed E-state index contributed by atoms with van der Waals surface area (Å²) in [7, 11) is 1.47. The van der Waals surface area contributed by atoms with E-state index >= 15 is 0 Å². The van der Waals surface area contributed by atoms with Gasteiger partial charge in [0.15, 0.2) is 6.17 Å². The highest BCUT2D eigenvalue weighted by Crippen LogP contribution is 2.32. The van der Waals surface area contributed by atoms with Gasteiger partial charge in [-0.3, -0.25) is 9.79 Å². The number of carbonyl (C=O) groups excluding carboxylic acids is 1. The number of esters is 1. The monoisotopic (exact) mass is 370 g/mol. The van der Waals surface area contributed by atoms with Gasteiger partial charge in [0.2, 0.25) is 0 Å². The summed E-state index contributed by atoms with van der Waals surface area (Å²) in [6, 6.07) is 10.2. The molecule has 2 aliphatic heterocycles. The van der Waals surface area contributed by atoms with Crippen LogP contribution in [0.2, 0.25) is 0 Å². The minimum atomic E-state index is -0.243. The van der Waals surface area contributed by atoms with Gasteiger partial charge in [0.05, 0.1) is 18.9 Å². The maximum absolute atomic E-state index is 12.6. The maximum atomic E-state index is 12.6. The molecule has 0 amide bonds. The van der Waals surface area contributed by atoms with Crippen LogP contribution in [-0.4, -0.2) is 55.7 Å². The van der Waals surface area contributed by atoms with E-state index in [1.165, 1.54) is 7.11 Å². The molecule has 6 nitrogen and oxygen atoms in total. The topological polar surface area (TPSA) is 66.3 Å². The van der Waals surface area contributed by atoms with Crippen molar-refractivity contribution in [3.05, 3.63) is 35.9 Å². The van der Waals surface area contributed by atoms with Crippen LogP contribution >= 0.6 is 0 Å². The lowest BCUT2D eigenvalue weighted by molar-refractivity contribution is -0.146. The van der Waals surface area contributed by atoms with Gasteiger partial charge in [-0.1, -0.05) is 43.7 Å². The molecule has 3 atom stereocenters. The summed E-state index contributed by atoms with van der Waals surface area (Å²) in [4.78, 5) is 24.8. The molecule has 0 spiro atoms. The molecule has 0 aliphatic carbocycles. The zero-order valence-corrected chi connectivity index (χ0v) is 16.5. The van der Waals surface area contributed by atoms with Crippen molar-refractivity contribution in [3.8, 4) is 0 Å². The van der Waals surface area contributed by atoms with E-state index in [1.807, 2.05) is 25.1 Å². The number of rotatable bonds is 5. The van der Waals surface area contributed by atoms with Crippen molar-refractivity contribution >= 4 is 17.5 Å². The van der Waals surface area contributed by atoms with Crippen LogP contribution in [0.15, 0.2) is 40.3 Å². The second-order valence-electron chi connectivity index (χ2n) is 7.18. The molecule has 1 saturated heterocycles. The molecular formula is C21H30N4O2. The number of benzene rings is 1. The third kappa shape index (κ3) is 4.38. The Morgan fingerprint density at radius 2 is 1.96 bits per heavy atom. The molecule has 0 radical (unpaired) electrons. The van der Waals surface area contributed by atoms with Crippen molar-refractivity contribution in [2.24, 2.45) is 21.8 Å². The number of methoxy groups -OCH3 is 1. The smallest absolute Gasteiger partial charge is 0.309 e. The first-order chi connectivity index (χ1) is 13.2. The molecule has 0 aromatic heterocycles. The van der Waals surface area contributed by atoms with Crippen LogP contribution in [0.1, 0.15) is 38.4 Å². The van der Waals surface area contributed by atoms with Crippen molar-refractivity contribution in [1.82, 2.24) is 10.2 Å². The van der Waals surface area contributed by atoms with Crippen molar-refractivity contribution in [1.29, 1.82) is 0 Å². The summed E-state index contributed by atoms with van der Waals surface area (Å²) in [6.07, 6.45) is 1.44. The Labute approximate surface area is 161 Å². The van der Waals surface area contributed by atoms with Gasteiger partial charge >= 0.3 is 5.97 Å². The molecule has 1 N–H and O–H groups in total. The van der Waals surface area contributed by atoms with Gasteiger partial charge in [0.25, 0.3) is 0 Å². The number of nitrogens with zero attached hydrogens (tertiary/aromatic N) is 3. The summed E-state index contributed by atoms with van der Waals surface area (Å²) >= 11 is 0. The Kier molecular flexibility index (Phi) is 6.61. The molecule has 0 bridgehead atoms. The molecule has 1 aromatic carbocycles. The van der Waals surface area contributed by atoms with Gasteiger partial charge in [-0.05, 0) is 18.9 Å². The minimum absolute atomic E-state index is 0.115. The molecule has 1 fully saturated rings. The van der Waals surface area contributed by atoms with Crippen molar-refractivity contribution in [2.45, 2.75) is 32.9 Å². The number of nitrogens with one attached hydrogen (secondary N) is 1. The highest BCUT2D eigenvalue weighted by atomic mass is 16.5. The Hall–Kier alpha value is -2.21. The van der Waals surface area contributed by atoms with Crippen LogP contribution in [-0.2, 0) is 9.53 Å². The number of carbonyl (C=O) groups is 1. The molecular weight excluding hydrogens is 340 g/mol. The van der Waals surface area contributed by atoms with Crippen LogP contribution in [0, 0.1) is 11.8 Å². The molecule has 0 saturated carbocycles. The number of ether oxygens (including phenoxy) is 1. The molecule has 3 unspecified atom stereocenters. The summed E-state index contributed by atoms with van der Waals surface area (Å²) in [5, 5.41) is 3.39. The highest BCUT2D eigenvalue weighted by molar-refractivity contribution is 6.09. The molecule has 3 rings (SSSR count). The quantitative estimate of drug-likeness (QED) is 0.809. The molecule has 6 heteroatoms. The first kappa shape index (κ1) is 19.5. The van der Waals surface area contributed by atoms with Crippen molar-refractivity contribution in [3.63, 3.8) is 0 Å². The second-order valence-corrected chi connectivity index (χ2v) is 7.18. The van der Waals surface area contributed by atoms with Crippen LogP contribution in [0.25, 0.3) is 0 Å². The van der Waals surface area contributed by atoms with E-state index in [0.717, 1.165) is 56.1 Å². The zero-order valence-electron chi connectivity index (χ0n) is 16.5. The van der Waals surface area contributed by atoms with Gasteiger partial charge < -0.3 is 15.0 Å². The predicted octanol–water partition coefficient (Wildman–Crippen LogP) is 2.67. The Morgan fingerprint density at radius 1 is 1.26 bits per heavy atom. The lowest BCUT2D eigenvalue weighted by Gasteiger charge is -2.39. The molecule has 27 heavy (non-hydrogen) atoms. The Bertz CT molecular complexity index is 695. The van der Waals surface area contributed by atoms with Gasteiger partial charge in [-0.2, -0.15) is 0 Å². The van der Waals surface area contributed by atoms with Crippen LogP contribution in [0.5, 0.6) is 0 Å². The minimum Gasteiger partial charge on any atom is -0.469 e. The third-order valence-electron chi connectivity index (χ3n) is 5.35. The zero-order chi connectivity index (χ0) is 19.2. The van der Waals surface area contributed by atoms with E-state index < -0.39 is 0 Å². The fourth-order valence-corrected chi connectivity index (χ4v) is 4.00. The first-order valence-corrected chi connectivity index (χ1v) is 9.86. The average Bonchev–Trinajstić information content (AvgIpc) is 2.72. The number of hydrogen-bond acceptors (Lipinski definition) is 6. The number of aliphatic imine (C=N–C) groups is 2. The molecule has 146 valence electrons. The predicted molar refractivity (Wildman–Crippen MR) is 108 cm³/mol. The second kappa shape index (κ2) is 9.13. The lowest BCUT2D eigenvalue weighted by atomic mass is 9.82. The number of piperazine rings is 1. The SMILES string of the molecule is CCCC(C(=O)OC)C1C(C)=NC(c2ccccc2)N=C1N1CCNCC1. The van der Waals surface area contributed by atoms with E-state index in [-0.39, 0.29) is 24.0 Å². The first-order valence-electron chi connectivity index (χ1n) is 9.86. The largest absolute Gasteiger partial charge is 0.469 e. The number of amidine groups is 1. The average molecular weight is 370 g/mol. The summed E-state index contributed by atoms with van der Waals surface area (Å²) in [5.41, 5.74) is 2.05. The van der Waals surface area contributed by atoms with E-state index in [2.05, 4.69) is 29.3 Å². The molecule has 2 aliphatic rings. The maximum Gasteiger partial charge on any atom is 0.309 e. The van der Waals surface area contributed by atoms with Gasteiger partial charge in [0, 0.05) is 31.9 Å². The van der Waals surface area contributed by atoms with Crippen LogP contribution < -0.4 is 5.32 Å². The summed E-state index contributed by atoms with van der Waals surface area (Å²) < 4.78 is 5.13. The Morgan fingerprint density at radius 3 is 2.59 bits per heavy atom. The van der Waals surface area contributed by atoms with E-state index in [0.29, 0.717) is 0 Å². The van der Waals surface area contributed by atoms with E-state index in [1.54, 1.807) is 0 Å². The fraction of sp³-hybridized carbons (Fsp3) is 0.571. The van der Waals surface area contributed by atoms with E-state index in [9.17, 15) is 4.79 Å². The number of hydrogen-bond donors (Lipinski definition) is 1. The fourth-order valence-electron chi connectivity index (χ4n) is 4.00. The molecule has 2 heterocycles. The standard InChI is InChI=1S/C21H30N4O2/c1-4-8-17(21(26)27-3)18-15(2)23-19(16-9-6-5-7-10-16)24-20(18)25-13-11-22-12-14-25/h5-7,9-10,17-19,22H,4,8,11-14H2,1-3H3. The normalized spacial score (nSPS) is 24.0. The van der Waals surface area contributed by atoms with E-state index in [4.69, 9.17) is 14.7 Å². The van der Waals surface area contributed by atoms with Crippen LogP contribution in [0.4, 0.5) is 0 Å². The summed E-state index contributed by atoms with van der Waals surface area (Å²) in [5.74, 6) is 0.462. The van der Waals surface area contributed by atoms with Crippen LogP contribution in [0.3, 0.4) is 0 Å². The molecule has 1 aromatic rings. The van der Waals surface area contributed by atoms with Gasteiger partial charge in [0.1, 0.15) is 5.84 Å². The third-order valence-corrected chi connectivity index (χ3v) is 5.35. The lowest BCUT2D eigenvalue weighted by Crippen LogP contribution is -2.52.